The summed E-state index contributed by atoms with van der Waals surface area (Å²) in [6, 6.07) is 46.7. The zero-order valence-electron chi connectivity index (χ0n) is 41.8. The molecule has 6 rings (SSSR count). The minimum absolute atomic E-state index is 0.128. The summed E-state index contributed by atoms with van der Waals surface area (Å²) in [5, 5.41) is 0. The van der Waals surface area contributed by atoms with Crippen LogP contribution < -0.4 is 0 Å². The van der Waals surface area contributed by atoms with Gasteiger partial charge in [-0.25, -0.2) is 0 Å². The Labute approximate surface area is 386 Å². The van der Waals surface area contributed by atoms with Gasteiger partial charge in [0.15, 0.2) is 0 Å². The van der Waals surface area contributed by atoms with Crippen molar-refractivity contribution in [3.63, 3.8) is 0 Å². The van der Waals surface area contributed by atoms with Gasteiger partial charge in [0.1, 0.15) is 0 Å². The van der Waals surface area contributed by atoms with E-state index in [0.717, 1.165) is 38.5 Å². The van der Waals surface area contributed by atoms with Crippen LogP contribution >= 0.6 is 0 Å². The van der Waals surface area contributed by atoms with Crippen LogP contribution in [0.25, 0.3) is 12.2 Å². The van der Waals surface area contributed by atoms with E-state index in [1.807, 2.05) is 26.0 Å². The molecule has 2 atom stereocenters. The van der Waals surface area contributed by atoms with Gasteiger partial charge in [0.05, 0.1) is 0 Å². The Morgan fingerprint density at radius 1 is 0.460 bits per heavy atom. The quantitative estimate of drug-likeness (QED) is 0.0732. The van der Waals surface area contributed by atoms with Crippen molar-refractivity contribution in [3.8, 4) is 0 Å². The molecule has 0 saturated carbocycles. The standard InChI is InChI=1S/C61H78.C2H6/c1-13-47-19-23-49(24-20-47)41-57(5,6)37-45(3)39-59(9,10)43-51-27-31-54(32-28-51)61(36-35-53-17-15-16-18-56(53)61)55-33-29-52(30-34-55)44-60(11,12)40-46(4)38-58(7,8)42-50-25-21-48(14-2)22-26-50;1-2/h13-34,45-46H,1-2,35-44H2,3-12H3;1-2H3. The van der Waals surface area contributed by atoms with Gasteiger partial charge in [-0.05, 0) is 153 Å². The Balaban J connectivity index is 0.00000369. The smallest absolute Gasteiger partial charge is 0.0457 e. The van der Waals surface area contributed by atoms with Crippen molar-refractivity contribution < 1.29 is 0 Å². The molecule has 0 aliphatic heterocycles. The second-order valence-corrected chi connectivity index (χ2v) is 22.7. The number of aryl methyl sites for hydroxylation is 1. The van der Waals surface area contributed by atoms with Gasteiger partial charge < -0.3 is 0 Å². The normalized spacial score (nSPS) is 16.4. The first-order valence-corrected chi connectivity index (χ1v) is 24.5. The van der Waals surface area contributed by atoms with Crippen LogP contribution in [0.5, 0.6) is 0 Å². The molecule has 0 radical (unpaired) electrons. The highest BCUT2D eigenvalue weighted by Crippen LogP contribution is 2.49. The summed E-state index contributed by atoms with van der Waals surface area (Å²) >= 11 is 0. The maximum Gasteiger partial charge on any atom is 0.0457 e. The van der Waals surface area contributed by atoms with Gasteiger partial charge in [-0.1, -0.05) is 230 Å². The SMILES string of the molecule is C=Cc1ccc(CC(C)(C)CC(C)CC(C)(C)Cc2ccc(C3(c4ccc(CC(C)(C)CC(C)CC(C)(C)Cc5ccc(C=C)cc5)cc4)CCc4ccccc43)cc2)cc1.CC. The predicted octanol–water partition coefficient (Wildman–Crippen LogP) is 17.8. The molecule has 1 aliphatic rings. The van der Waals surface area contributed by atoms with Crippen molar-refractivity contribution in [1.29, 1.82) is 0 Å². The minimum atomic E-state index is -0.128. The first kappa shape index (κ1) is 49.6. The molecule has 63 heavy (non-hydrogen) atoms. The average Bonchev–Trinajstić information content (AvgIpc) is 3.61. The highest BCUT2D eigenvalue weighted by molar-refractivity contribution is 5.57. The van der Waals surface area contributed by atoms with Gasteiger partial charge in [-0.2, -0.15) is 0 Å². The number of rotatable bonds is 20. The zero-order valence-corrected chi connectivity index (χ0v) is 41.8. The Hall–Kier alpha value is -4.42. The van der Waals surface area contributed by atoms with Gasteiger partial charge in [-0.3, -0.25) is 0 Å². The highest BCUT2D eigenvalue weighted by Gasteiger charge is 2.42. The lowest BCUT2D eigenvalue weighted by Crippen LogP contribution is -2.27. The van der Waals surface area contributed by atoms with Crippen LogP contribution in [0.3, 0.4) is 0 Å². The third kappa shape index (κ3) is 13.5. The van der Waals surface area contributed by atoms with Gasteiger partial charge in [0.2, 0.25) is 0 Å². The predicted molar refractivity (Wildman–Crippen MR) is 279 cm³/mol. The second kappa shape index (κ2) is 21.0. The summed E-state index contributed by atoms with van der Waals surface area (Å²) in [5.41, 5.74) is 14.8. The van der Waals surface area contributed by atoms with Gasteiger partial charge >= 0.3 is 0 Å². The fraction of sp³-hybridized carbons (Fsp3) is 0.460. The summed E-state index contributed by atoms with van der Waals surface area (Å²) in [4.78, 5) is 0. The molecule has 0 bridgehead atoms. The molecular weight excluding hydrogens is 757 g/mol. The first-order valence-electron chi connectivity index (χ1n) is 24.5. The van der Waals surface area contributed by atoms with E-state index in [-0.39, 0.29) is 27.1 Å². The van der Waals surface area contributed by atoms with E-state index in [2.05, 4.69) is 204 Å². The number of hydrogen-bond donors (Lipinski definition) is 0. The molecule has 5 aromatic carbocycles. The maximum absolute atomic E-state index is 3.92. The Kier molecular flexibility index (Phi) is 16.6. The second-order valence-electron chi connectivity index (χ2n) is 22.7. The van der Waals surface area contributed by atoms with Crippen LogP contribution in [0.15, 0.2) is 134 Å². The largest absolute Gasteiger partial charge is 0.0985 e. The molecule has 2 unspecified atom stereocenters. The molecule has 0 N–H and O–H groups in total. The molecule has 0 nitrogen and oxygen atoms in total. The van der Waals surface area contributed by atoms with Crippen LogP contribution in [0.4, 0.5) is 0 Å². The Bertz CT molecular complexity index is 2050. The van der Waals surface area contributed by atoms with Crippen molar-refractivity contribution in [2.45, 2.75) is 153 Å². The van der Waals surface area contributed by atoms with Crippen molar-refractivity contribution in [1.82, 2.24) is 0 Å². The fourth-order valence-electron chi connectivity index (χ4n) is 12.2. The fourth-order valence-corrected chi connectivity index (χ4v) is 12.2. The van der Waals surface area contributed by atoms with E-state index in [0.29, 0.717) is 11.8 Å². The molecule has 0 amide bonds. The summed E-state index contributed by atoms with van der Waals surface area (Å²) in [6.07, 6.45) is 15.4. The lowest BCUT2D eigenvalue weighted by atomic mass is 9.69. The third-order valence-corrected chi connectivity index (χ3v) is 13.9. The van der Waals surface area contributed by atoms with Crippen molar-refractivity contribution in [2.24, 2.45) is 33.5 Å². The highest BCUT2D eigenvalue weighted by atomic mass is 14.4. The molecule has 0 heterocycles. The molecule has 0 saturated heterocycles. The minimum Gasteiger partial charge on any atom is -0.0985 e. The monoisotopic (exact) mass is 841 g/mol. The summed E-state index contributed by atoms with van der Waals surface area (Å²) in [6.45, 7) is 36.4. The van der Waals surface area contributed by atoms with Crippen LogP contribution in [-0.2, 0) is 37.5 Å². The molecule has 0 spiro atoms. The van der Waals surface area contributed by atoms with Crippen LogP contribution in [-0.4, -0.2) is 0 Å². The molecule has 0 heteroatoms. The zero-order chi connectivity index (χ0) is 46.1. The molecule has 0 fully saturated rings. The molecule has 5 aromatic rings. The van der Waals surface area contributed by atoms with Gasteiger partial charge in [0.25, 0.3) is 0 Å². The average molecular weight is 841 g/mol. The molecule has 0 aromatic heterocycles. The molecule has 336 valence electrons. The Morgan fingerprint density at radius 3 is 1.08 bits per heavy atom. The maximum atomic E-state index is 3.92. The van der Waals surface area contributed by atoms with Crippen molar-refractivity contribution in [3.05, 3.63) is 190 Å². The van der Waals surface area contributed by atoms with Crippen LogP contribution in [0, 0.1) is 33.5 Å². The van der Waals surface area contributed by atoms with E-state index in [1.54, 1.807) is 0 Å². The summed E-state index contributed by atoms with van der Waals surface area (Å²) in [5.74, 6) is 1.30. The van der Waals surface area contributed by atoms with Crippen LogP contribution in [0.2, 0.25) is 0 Å². The topological polar surface area (TPSA) is 0 Å². The summed E-state index contributed by atoms with van der Waals surface area (Å²) < 4.78 is 0. The van der Waals surface area contributed by atoms with Crippen LogP contribution in [0.1, 0.15) is 171 Å². The lowest BCUT2D eigenvalue weighted by Gasteiger charge is -2.35. The number of fused-ring (bicyclic) bond motifs is 1. The van der Waals surface area contributed by atoms with E-state index < -0.39 is 0 Å². The molecule has 1 aliphatic carbocycles. The Morgan fingerprint density at radius 2 is 0.762 bits per heavy atom. The van der Waals surface area contributed by atoms with Crippen molar-refractivity contribution in [2.75, 3.05) is 0 Å². The van der Waals surface area contributed by atoms with E-state index in [4.69, 9.17) is 0 Å². The van der Waals surface area contributed by atoms with E-state index in [1.165, 1.54) is 81.3 Å². The summed E-state index contributed by atoms with van der Waals surface area (Å²) in [7, 11) is 0. The lowest BCUT2D eigenvalue weighted by molar-refractivity contribution is 0.204. The third-order valence-electron chi connectivity index (χ3n) is 13.9. The van der Waals surface area contributed by atoms with E-state index in [9.17, 15) is 0 Å². The van der Waals surface area contributed by atoms with E-state index >= 15 is 0 Å². The number of benzene rings is 5. The number of hydrogen-bond acceptors (Lipinski definition) is 0. The van der Waals surface area contributed by atoms with Crippen molar-refractivity contribution >= 4 is 12.2 Å². The first-order chi connectivity index (χ1) is 29.8. The molecular formula is C63H84. The van der Waals surface area contributed by atoms with Gasteiger partial charge in [-0.15, -0.1) is 0 Å². The van der Waals surface area contributed by atoms with Gasteiger partial charge in [0, 0.05) is 5.41 Å².